The van der Waals surface area contributed by atoms with Crippen LogP contribution in [0.15, 0.2) is 292 Å². The molecule has 4 aromatic heterocycles. The van der Waals surface area contributed by atoms with Crippen molar-refractivity contribution in [2.75, 3.05) is 21.3 Å². The topological polar surface area (TPSA) is 256 Å². The van der Waals surface area contributed by atoms with Crippen LogP contribution in [0.25, 0.3) is 45.1 Å². The van der Waals surface area contributed by atoms with E-state index in [4.69, 9.17) is 34.8 Å². The van der Waals surface area contributed by atoms with Crippen LogP contribution in [0, 0.1) is 18.6 Å². The molecule has 0 fully saturated rings. The van der Waals surface area contributed by atoms with Gasteiger partial charge in [0.15, 0.2) is 23.6 Å². The second-order valence-electron chi connectivity index (χ2n) is 24.7. The van der Waals surface area contributed by atoms with E-state index in [9.17, 15) is 47.1 Å². The normalized spacial score (nSPS) is 10.6. The maximum absolute atomic E-state index is 13.7. The van der Waals surface area contributed by atoms with E-state index < -0.39 is 28.5 Å². The Hall–Kier alpha value is -13.7. The van der Waals surface area contributed by atoms with Gasteiger partial charge in [0, 0.05) is 79.2 Å². The molecule has 560 valence electrons. The highest BCUT2D eigenvalue weighted by Gasteiger charge is 2.27. The average molecular weight is 1550 g/mol. The summed E-state index contributed by atoms with van der Waals surface area (Å²) in [5, 5.41) is 31.2. The van der Waals surface area contributed by atoms with Gasteiger partial charge >= 0.3 is 0 Å². The first-order chi connectivity index (χ1) is 54.1. The molecule has 112 heavy (non-hydrogen) atoms. The van der Waals surface area contributed by atoms with Gasteiger partial charge in [-0.3, -0.25) is 38.4 Å². The highest BCUT2D eigenvalue weighted by atomic mass is 35.5. The van der Waals surface area contributed by atoms with Crippen LogP contribution in [-0.4, -0.2) is 62.8 Å². The molecule has 0 radical (unpaired) electrons. The molecule has 0 unspecified atom stereocenters. The molecule has 0 aliphatic rings. The van der Waals surface area contributed by atoms with Gasteiger partial charge in [-0.05, 0) is 126 Å². The lowest BCUT2D eigenvalue weighted by Crippen LogP contribution is -2.28. The van der Waals surface area contributed by atoms with Gasteiger partial charge in [0.2, 0.25) is 0 Å². The summed E-state index contributed by atoms with van der Waals surface area (Å²) < 4.78 is 32.6. The maximum Gasteiger partial charge on any atom is 0.295 e. The number of Topliss-reactive ketones (excluding diaryl/α,β-unsaturated/α-hetero) is 2. The van der Waals surface area contributed by atoms with E-state index in [0.717, 1.165) is 34.0 Å². The Morgan fingerprint density at radius 1 is 0.384 bits per heavy atom. The van der Waals surface area contributed by atoms with Crippen molar-refractivity contribution in [1.82, 2.24) is 39.1 Å². The Balaban J connectivity index is 0.000000148. The summed E-state index contributed by atoms with van der Waals surface area (Å²) >= 11 is 18.1. The third kappa shape index (κ3) is 19.1. The molecule has 0 saturated carbocycles. The van der Waals surface area contributed by atoms with Crippen LogP contribution in [-0.2, 0) is 13.1 Å². The van der Waals surface area contributed by atoms with Crippen LogP contribution in [0.1, 0.15) is 80.4 Å². The molecule has 14 aromatic rings. The number of benzene rings is 10. The maximum atomic E-state index is 13.7. The van der Waals surface area contributed by atoms with Gasteiger partial charge in [0.05, 0.1) is 39.3 Å². The zero-order chi connectivity index (χ0) is 79.5. The van der Waals surface area contributed by atoms with Crippen molar-refractivity contribution in [2.24, 2.45) is 0 Å². The van der Waals surface area contributed by atoms with Crippen molar-refractivity contribution in [2.45, 2.75) is 47.7 Å². The summed E-state index contributed by atoms with van der Waals surface area (Å²) in [6.45, 7) is 8.92. The Labute approximate surface area is 655 Å². The number of nitrogens with zero attached hydrogens (tertiary/aromatic N) is 8. The lowest BCUT2D eigenvalue weighted by molar-refractivity contribution is 0.101. The van der Waals surface area contributed by atoms with Gasteiger partial charge in [-0.15, -0.1) is 0 Å². The van der Waals surface area contributed by atoms with Crippen molar-refractivity contribution >= 4 is 104 Å². The molecule has 0 bridgehead atoms. The predicted molar refractivity (Wildman–Crippen MR) is 438 cm³/mol. The number of carbonyl (C=O) groups excluding carboxylic acids is 4. The van der Waals surface area contributed by atoms with Crippen molar-refractivity contribution in [3.05, 3.63) is 375 Å². The number of nitrogens with one attached hydrogen (secondary N) is 4. The number of hydrogen-bond donors (Lipinski definition) is 4. The van der Waals surface area contributed by atoms with E-state index in [1.165, 1.54) is 27.9 Å². The number of aryl methyl sites for hydroxylation is 3. The zero-order valence-corrected chi connectivity index (χ0v) is 63.0. The Bertz CT molecular complexity index is 6020. The molecule has 25 heteroatoms. The number of halogens is 5. The molecule has 4 N–H and O–H groups in total. The van der Waals surface area contributed by atoms with Crippen LogP contribution < -0.4 is 43.5 Å². The van der Waals surface area contributed by atoms with Crippen LogP contribution in [0.3, 0.4) is 0 Å². The SMILES string of the molecule is CC(=O)c1c(-c2ccccc2)nn(-c2ccccc2)c(=O)c1Nc1cc(F)cc(F)c1.CC(=O)c1c(-c2ccccc2)nn(-c2ccccc2)c(=O)c1Nc1cccc(Cl)c1.CCn1nc(-c2ccccc2)c(C=O)c(Nc2cccc(Cl)c2)c1=O.CCn1nc(C)c(C(=O)c2ccccc2)c(Nc2cccc(Cl)c2)c1=O. The summed E-state index contributed by atoms with van der Waals surface area (Å²) in [6, 6.07) is 77.9. The van der Waals surface area contributed by atoms with Gasteiger partial charge in [-0.1, -0.05) is 211 Å². The predicted octanol–water partition coefficient (Wildman–Crippen LogP) is 19.0. The summed E-state index contributed by atoms with van der Waals surface area (Å²) in [5.41, 5.74) is 6.65. The van der Waals surface area contributed by atoms with E-state index in [1.54, 1.807) is 171 Å². The van der Waals surface area contributed by atoms with Crippen molar-refractivity contribution in [3.8, 4) is 45.1 Å². The number of aldehydes is 1. The average Bonchev–Trinajstić information content (AvgIpc) is 0.737. The fourth-order valence-electron chi connectivity index (χ4n) is 11.8. The molecule has 0 spiro atoms. The standard InChI is InChI=1S/C24H18ClN3O2.C24H17F2N3O2.C20H18ClN3O2.C19H16ClN3O2/c1-16(29)21-22(17-9-4-2-5-10-17)27-28(20-13-6-3-7-14-20)24(30)23(21)26-19-12-8-11-18(25)15-19;1-15(30)21-22(16-8-4-2-5-9-16)28-29(20-10-6-3-7-11-20)24(31)23(21)27-19-13-17(25)12-18(26)14-19;1-3-24-20(26)18(22-16-11-7-10-15(21)12-16)17(13(2)23-24)19(25)14-8-5-4-6-9-14;1-2-23-19(25)18(21-15-10-6-9-14(20)11-15)16(12-24)17(22-23)13-7-4-3-5-8-13/h2-15,26H,1H3;2-14,27H,1H3;4-12,22H,3H2,1-2H3;3-12,21H,2H2,1H3. The minimum absolute atomic E-state index is 0.00178. The van der Waals surface area contributed by atoms with Gasteiger partial charge in [-0.2, -0.15) is 29.8 Å². The molecule has 0 atom stereocenters. The Kier molecular flexibility index (Phi) is 26.2. The summed E-state index contributed by atoms with van der Waals surface area (Å²) in [6.07, 6.45) is 0.656. The molecule has 0 aliphatic heterocycles. The van der Waals surface area contributed by atoms with E-state index in [1.807, 2.05) is 105 Å². The number of para-hydroxylation sites is 2. The number of aromatic nitrogens is 8. The molecule has 20 nitrogen and oxygen atoms in total. The lowest BCUT2D eigenvalue weighted by atomic mass is 10.0. The fourth-order valence-corrected chi connectivity index (χ4v) is 12.4. The van der Waals surface area contributed by atoms with Crippen LogP contribution in [0.5, 0.6) is 0 Å². The lowest BCUT2D eigenvalue weighted by Gasteiger charge is -2.17. The summed E-state index contributed by atoms with van der Waals surface area (Å²) in [5.74, 6) is -2.55. The number of ketones is 3. The molecule has 0 amide bonds. The first-order valence-corrected chi connectivity index (χ1v) is 36.0. The molecule has 10 aromatic carbocycles. The molecule has 0 aliphatic carbocycles. The van der Waals surface area contributed by atoms with E-state index in [-0.39, 0.29) is 79.1 Å². The third-order valence-electron chi connectivity index (χ3n) is 17.0. The monoisotopic (exact) mass is 1550 g/mol. The highest BCUT2D eigenvalue weighted by molar-refractivity contribution is 6.31. The van der Waals surface area contributed by atoms with E-state index in [0.29, 0.717) is 91.1 Å². The molecule has 14 rings (SSSR count). The van der Waals surface area contributed by atoms with Crippen molar-refractivity contribution in [3.63, 3.8) is 0 Å². The third-order valence-corrected chi connectivity index (χ3v) is 17.7. The second-order valence-corrected chi connectivity index (χ2v) is 26.0. The first-order valence-electron chi connectivity index (χ1n) is 34.9. The zero-order valence-electron chi connectivity index (χ0n) is 60.7. The summed E-state index contributed by atoms with van der Waals surface area (Å²) in [7, 11) is 0. The largest absolute Gasteiger partial charge is 0.350 e. The van der Waals surface area contributed by atoms with Crippen LogP contribution >= 0.6 is 34.8 Å². The van der Waals surface area contributed by atoms with E-state index >= 15 is 0 Å². The first kappa shape index (κ1) is 79.4. The molecule has 0 saturated heterocycles. The number of carbonyl (C=O) groups is 4. The second kappa shape index (κ2) is 37.0. The number of hydrogen-bond acceptors (Lipinski definition) is 16. The number of rotatable bonds is 20. The van der Waals surface area contributed by atoms with Gasteiger partial charge < -0.3 is 21.3 Å². The van der Waals surface area contributed by atoms with Crippen molar-refractivity contribution in [1.29, 1.82) is 0 Å². The molecule has 4 heterocycles. The molecular formula is C87H69Cl3F2N12O8. The van der Waals surface area contributed by atoms with Gasteiger partial charge in [0.25, 0.3) is 22.2 Å². The fraction of sp³-hybridized carbons (Fsp3) is 0.0805. The number of anilines is 8. The smallest absolute Gasteiger partial charge is 0.295 e. The van der Waals surface area contributed by atoms with Crippen LogP contribution in [0.2, 0.25) is 15.1 Å². The van der Waals surface area contributed by atoms with Crippen molar-refractivity contribution < 1.29 is 28.0 Å². The Morgan fingerprint density at radius 3 is 1.10 bits per heavy atom. The summed E-state index contributed by atoms with van der Waals surface area (Å²) in [4.78, 5) is 102. The minimum Gasteiger partial charge on any atom is -0.350 e. The quantitative estimate of drug-likeness (QED) is 0.0409. The molecular weight excluding hydrogens is 1490 g/mol. The Morgan fingerprint density at radius 2 is 0.723 bits per heavy atom. The van der Waals surface area contributed by atoms with E-state index in [2.05, 4.69) is 41.7 Å². The van der Waals surface area contributed by atoms with Gasteiger partial charge in [-0.25, -0.2) is 18.1 Å². The minimum atomic E-state index is -0.812. The van der Waals surface area contributed by atoms with Gasteiger partial charge in [0.1, 0.15) is 51.5 Å². The van der Waals surface area contributed by atoms with Crippen LogP contribution in [0.4, 0.5) is 54.3 Å². The highest BCUT2D eigenvalue weighted by Crippen LogP contribution is 2.33.